The van der Waals surface area contributed by atoms with Crippen LogP contribution in [-0.2, 0) is 9.53 Å². The number of carbonyl (C=O) groups excluding carboxylic acids is 1. The highest BCUT2D eigenvalue weighted by atomic mass is 16.6. The second-order valence-electron chi connectivity index (χ2n) is 6.06. The van der Waals surface area contributed by atoms with Crippen LogP contribution in [-0.4, -0.2) is 36.6 Å². The van der Waals surface area contributed by atoms with E-state index < -0.39 is 5.60 Å². The van der Waals surface area contributed by atoms with E-state index in [0.29, 0.717) is 6.42 Å². The number of esters is 1. The fourth-order valence-corrected chi connectivity index (χ4v) is 1.78. The summed E-state index contributed by atoms with van der Waals surface area (Å²) in [7, 11) is 3.79. The molecule has 1 rings (SSSR count). The van der Waals surface area contributed by atoms with Crippen molar-refractivity contribution in [3.05, 3.63) is 42.0 Å². The molecule has 0 aliphatic rings. The minimum atomic E-state index is -0.450. The normalized spacial score (nSPS) is 13.7. The third-order valence-electron chi connectivity index (χ3n) is 2.77. The molecule has 0 bridgehead atoms. The molecule has 0 aliphatic carbocycles. The highest BCUT2D eigenvalue weighted by molar-refractivity contribution is 5.76. The highest BCUT2D eigenvalue weighted by Crippen LogP contribution is 2.13. The van der Waals surface area contributed by atoms with Crippen LogP contribution in [0.2, 0.25) is 0 Å². The molecule has 3 heteroatoms. The van der Waals surface area contributed by atoms with Crippen molar-refractivity contribution in [2.24, 2.45) is 0 Å². The fourth-order valence-electron chi connectivity index (χ4n) is 1.78. The van der Waals surface area contributed by atoms with E-state index in [-0.39, 0.29) is 12.0 Å². The molecule has 1 unspecified atom stereocenters. The summed E-state index contributed by atoms with van der Waals surface area (Å²) in [4.78, 5) is 14.0. The van der Waals surface area contributed by atoms with Crippen molar-refractivity contribution < 1.29 is 9.53 Å². The summed E-state index contributed by atoms with van der Waals surface area (Å²) >= 11 is 0. The van der Waals surface area contributed by atoms with Gasteiger partial charge in [0, 0.05) is 0 Å². The summed E-state index contributed by atoms with van der Waals surface area (Å²) < 4.78 is 5.45. The Hall–Kier alpha value is -1.61. The Morgan fingerprint density at radius 1 is 1.25 bits per heavy atom. The standard InChI is InChI=1S/C17H25NO2/c1-17(2,3)20-16(19)15(18(4)5)13-9-12-14-10-7-6-8-11-14/h6-12,15H,13H2,1-5H3. The van der Waals surface area contributed by atoms with Crippen LogP contribution in [0.5, 0.6) is 0 Å². The number of benzene rings is 1. The van der Waals surface area contributed by atoms with E-state index in [2.05, 4.69) is 0 Å². The lowest BCUT2D eigenvalue weighted by Gasteiger charge is -2.26. The van der Waals surface area contributed by atoms with Crippen molar-refractivity contribution in [3.63, 3.8) is 0 Å². The lowest BCUT2D eigenvalue weighted by molar-refractivity contribution is -0.160. The van der Waals surface area contributed by atoms with Gasteiger partial charge in [0.25, 0.3) is 0 Å². The number of carbonyl (C=O) groups is 1. The molecule has 0 N–H and O–H groups in total. The zero-order valence-corrected chi connectivity index (χ0v) is 13.1. The van der Waals surface area contributed by atoms with Gasteiger partial charge in [-0.1, -0.05) is 42.5 Å². The van der Waals surface area contributed by atoms with Crippen LogP contribution in [0.3, 0.4) is 0 Å². The first kappa shape index (κ1) is 16.4. The Bertz CT molecular complexity index is 444. The lowest BCUT2D eigenvalue weighted by atomic mass is 10.1. The molecule has 0 radical (unpaired) electrons. The summed E-state index contributed by atoms with van der Waals surface area (Å²) in [5, 5.41) is 0. The molecule has 0 heterocycles. The molecule has 0 aliphatic heterocycles. The maximum Gasteiger partial charge on any atom is 0.324 e. The monoisotopic (exact) mass is 275 g/mol. The molecule has 1 aromatic carbocycles. The molecule has 110 valence electrons. The van der Waals surface area contributed by atoms with Gasteiger partial charge in [0.2, 0.25) is 0 Å². The summed E-state index contributed by atoms with van der Waals surface area (Å²) in [6.07, 6.45) is 4.68. The fraction of sp³-hybridized carbons (Fsp3) is 0.471. The van der Waals surface area contributed by atoms with Crippen LogP contribution in [0.4, 0.5) is 0 Å². The smallest absolute Gasteiger partial charge is 0.324 e. The summed E-state index contributed by atoms with van der Waals surface area (Å²) in [5.74, 6) is -0.180. The molecular weight excluding hydrogens is 250 g/mol. The van der Waals surface area contributed by atoms with Gasteiger partial charge in [-0.3, -0.25) is 9.69 Å². The summed E-state index contributed by atoms with van der Waals surface area (Å²) in [6, 6.07) is 9.80. The molecule has 0 spiro atoms. The van der Waals surface area contributed by atoms with Crippen molar-refractivity contribution in [1.29, 1.82) is 0 Å². The maximum absolute atomic E-state index is 12.1. The van der Waals surface area contributed by atoms with Crippen LogP contribution in [0.25, 0.3) is 6.08 Å². The number of hydrogen-bond donors (Lipinski definition) is 0. The van der Waals surface area contributed by atoms with Crippen LogP contribution in [0, 0.1) is 0 Å². The van der Waals surface area contributed by atoms with Gasteiger partial charge in [-0.2, -0.15) is 0 Å². The topological polar surface area (TPSA) is 29.5 Å². The lowest BCUT2D eigenvalue weighted by Crippen LogP contribution is -2.40. The molecule has 0 fully saturated rings. The Morgan fingerprint density at radius 2 is 1.85 bits per heavy atom. The number of ether oxygens (including phenoxy) is 1. The van der Waals surface area contributed by atoms with E-state index in [1.54, 1.807) is 0 Å². The first-order valence-electron chi connectivity index (χ1n) is 6.90. The summed E-state index contributed by atoms with van der Waals surface area (Å²) in [5.41, 5.74) is 0.684. The van der Waals surface area contributed by atoms with E-state index in [1.165, 1.54) is 0 Å². The highest BCUT2D eigenvalue weighted by Gasteiger charge is 2.25. The minimum absolute atomic E-state index is 0.180. The van der Waals surface area contributed by atoms with E-state index in [1.807, 2.05) is 82.3 Å². The summed E-state index contributed by atoms with van der Waals surface area (Å²) in [6.45, 7) is 5.66. The van der Waals surface area contributed by atoms with Crippen LogP contribution < -0.4 is 0 Å². The first-order chi connectivity index (χ1) is 9.29. The predicted octanol–water partition coefficient (Wildman–Crippen LogP) is 3.36. The quantitative estimate of drug-likeness (QED) is 0.772. The van der Waals surface area contributed by atoms with Crippen molar-refractivity contribution in [1.82, 2.24) is 4.90 Å². The van der Waals surface area contributed by atoms with Crippen molar-refractivity contribution in [2.45, 2.75) is 38.8 Å². The second kappa shape index (κ2) is 7.25. The molecule has 0 saturated heterocycles. The van der Waals surface area contributed by atoms with Gasteiger partial charge in [-0.15, -0.1) is 0 Å². The number of likely N-dealkylation sites (N-methyl/N-ethyl adjacent to an activating group) is 1. The average Bonchev–Trinajstić information content (AvgIpc) is 2.33. The van der Waals surface area contributed by atoms with Gasteiger partial charge >= 0.3 is 5.97 Å². The third-order valence-corrected chi connectivity index (χ3v) is 2.77. The van der Waals surface area contributed by atoms with Gasteiger partial charge in [0.1, 0.15) is 11.6 Å². The predicted molar refractivity (Wildman–Crippen MR) is 83.4 cm³/mol. The van der Waals surface area contributed by atoms with E-state index in [0.717, 1.165) is 5.56 Å². The zero-order valence-electron chi connectivity index (χ0n) is 13.1. The molecule has 0 saturated carbocycles. The van der Waals surface area contributed by atoms with Gasteiger partial charge < -0.3 is 4.74 Å². The zero-order chi connectivity index (χ0) is 15.2. The number of nitrogens with zero attached hydrogens (tertiary/aromatic N) is 1. The molecular formula is C17H25NO2. The van der Waals surface area contributed by atoms with Gasteiger partial charge in [-0.05, 0) is 46.9 Å². The molecule has 3 nitrogen and oxygen atoms in total. The minimum Gasteiger partial charge on any atom is -0.459 e. The van der Waals surface area contributed by atoms with Crippen molar-refractivity contribution in [2.75, 3.05) is 14.1 Å². The van der Waals surface area contributed by atoms with E-state index in [9.17, 15) is 4.79 Å². The Morgan fingerprint density at radius 3 is 2.35 bits per heavy atom. The Balaban J connectivity index is 2.64. The Kier molecular flexibility index (Phi) is 5.96. The number of hydrogen-bond acceptors (Lipinski definition) is 3. The van der Waals surface area contributed by atoms with E-state index in [4.69, 9.17) is 4.74 Å². The second-order valence-corrected chi connectivity index (χ2v) is 6.06. The first-order valence-corrected chi connectivity index (χ1v) is 6.90. The van der Waals surface area contributed by atoms with Crippen LogP contribution >= 0.6 is 0 Å². The third kappa shape index (κ3) is 6.02. The largest absolute Gasteiger partial charge is 0.459 e. The van der Waals surface area contributed by atoms with Crippen molar-refractivity contribution >= 4 is 12.0 Å². The van der Waals surface area contributed by atoms with Crippen LogP contribution in [0.1, 0.15) is 32.8 Å². The molecule has 1 aromatic rings. The Labute approximate surface area is 122 Å². The van der Waals surface area contributed by atoms with E-state index >= 15 is 0 Å². The maximum atomic E-state index is 12.1. The molecule has 0 aromatic heterocycles. The SMILES string of the molecule is CN(C)C(CC=Cc1ccccc1)C(=O)OC(C)(C)C. The molecule has 0 amide bonds. The van der Waals surface area contributed by atoms with Crippen molar-refractivity contribution in [3.8, 4) is 0 Å². The molecule has 1 atom stereocenters. The number of rotatable bonds is 5. The molecule has 20 heavy (non-hydrogen) atoms. The van der Waals surface area contributed by atoms with Crippen LogP contribution in [0.15, 0.2) is 36.4 Å². The van der Waals surface area contributed by atoms with Gasteiger partial charge in [-0.25, -0.2) is 0 Å². The van der Waals surface area contributed by atoms with Gasteiger partial charge in [0.05, 0.1) is 0 Å². The van der Waals surface area contributed by atoms with Gasteiger partial charge in [0.15, 0.2) is 0 Å². The average molecular weight is 275 g/mol.